The first kappa shape index (κ1) is 17.7. The highest BCUT2D eigenvalue weighted by Gasteiger charge is 2.20. The maximum Gasteiger partial charge on any atom is 0.283 e. The molecule has 3 aromatic rings. The molecule has 2 aromatic carbocycles. The van der Waals surface area contributed by atoms with Gasteiger partial charge in [-0.2, -0.15) is 5.10 Å². The van der Waals surface area contributed by atoms with Gasteiger partial charge in [-0.15, -0.1) is 11.3 Å². The molecule has 0 aliphatic carbocycles. The van der Waals surface area contributed by atoms with Gasteiger partial charge in [-0.25, -0.2) is 9.82 Å². The number of rotatable bonds is 4. The lowest BCUT2D eigenvalue weighted by molar-refractivity contribution is 0.0959. The average Bonchev–Trinajstić information content (AvgIpc) is 2.95. The minimum Gasteiger partial charge on any atom is -0.495 e. The topological polar surface area (TPSA) is 50.7 Å². The Hall–Kier alpha value is -2.15. The van der Waals surface area contributed by atoms with Gasteiger partial charge in [0.05, 0.1) is 23.0 Å². The second-order valence-corrected chi connectivity index (χ2v) is 6.73. The molecule has 128 valence electrons. The number of hydrogen-bond acceptors (Lipinski definition) is 4. The molecule has 0 saturated carbocycles. The van der Waals surface area contributed by atoms with E-state index in [1.807, 2.05) is 0 Å². The number of ether oxygens (including phenoxy) is 1. The Balaban J connectivity index is 1.83. The first-order valence-corrected chi connectivity index (χ1v) is 8.62. The summed E-state index contributed by atoms with van der Waals surface area (Å²) in [5.74, 6) is -0.293. The summed E-state index contributed by atoms with van der Waals surface area (Å²) in [6.07, 6.45) is 1.41. The van der Waals surface area contributed by atoms with Crippen LogP contribution in [-0.2, 0) is 0 Å². The van der Waals surface area contributed by atoms with Crippen molar-refractivity contribution in [2.45, 2.75) is 0 Å². The molecule has 0 fully saturated rings. The first-order chi connectivity index (χ1) is 12.0. The normalized spacial score (nSPS) is 11.2. The molecule has 1 heterocycles. The summed E-state index contributed by atoms with van der Waals surface area (Å²) in [7, 11) is 1.51. The van der Waals surface area contributed by atoms with E-state index in [1.54, 1.807) is 24.3 Å². The van der Waals surface area contributed by atoms with Crippen LogP contribution in [-0.4, -0.2) is 19.2 Å². The molecule has 0 radical (unpaired) electrons. The summed E-state index contributed by atoms with van der Waals surface area (Å²) in [5.41, 5.74) is 3.05. The molecule has 25 heavy (non-hydrogen) atoms. The number of carbonyl (C=O) groups excluding carboxylic acids is 1. The van der Waals surface area contributed by atoms with Crippen LogP contribution in [0.3, 0.4) is 0 Å². The van der Waals surface area contributed by atoms with Crippen molar-refractivity contribution in [1.82, 2.24) is 5.43 Å². The third kappa shape index (κ3) is 3.61. The zero-order chi connectivity index (χ0) is 18.0. The molecule has 0 bridgehead atoms. The molecule has 4 nitrogen and oxygen atoms in total. The van der Waals surface area contributed by atoms with Crippen LogP contribution in [0.25, 0.3) is 10.1 Å². The summed E-state index contributed by atoms with van der Waals surface area (Å²) < 4.78 is 18.7. The zero-order valence-corrected chi connectivity index (χ0v) is 15.2. The van der Waals surface area contributed by atoms with Crippen LogP contribution >= 0.6 is 34.5 Å². The predicted molar refractivity (Wildman–Crippen MR) is 99.9 cm³/mol. The Kier molecular flexibility index (Phi) is 5.22. The Morgan fingerprint density at radius 2 is 1.92 bits per heavy atom. The SMILES string of the molecule is COc1ccc2c(Cl)c(C(=O)N/N=C/c3ccc(F)cc3)sc2c1Cl. The van der Waals surface area contributed by atoms with Gasteiger partial charge < -0.3 is 4.74 Å². The van der Waals surface area contributed by atoms with Crippen LogP contribution in [0.1, 0.15) is 15.2 Å². The molecular formula is C17H11Cl2FN2O2S. The number of thiophene rings is 1. The molecule has 8 heteroatoms. The Morgan fingerprint density at radius 3 is 2.60 bits per heavy atom. The van der Waals surface area contributed by atoms with Crippen molar-refractivity contribution in [2.24, 2.45) is 5.10 Å². The van der Waals surface area contributed by atoms with Crippen LogP contribution in [0, 0.1) is 5.82 Å². The van der Waals surface area contributed by atoms with E-state index in [-0.39, 0.29) is 5.82 Å². The van der Waals surface area contributed by atoms with Crippen molar-refractivity contribution >= 4 is 56.7 Å². The highest BCUT2D eigenvalue weighted by Crippen LogP contribution is 2.42. The number of halogens is 3. The molecule has 0 aliphatic heterocycles. The van der Waals surface area contributed by atoms with Crippen molar-refractivity contribution in [2.75, 3.05) is 7.11 Å². The summed E-state index contributed by atoms with van der Waals surface area (Å²) in [6.45, 7) is 0. The second-order valence-electron chi connectivity index (χ2n) is 4.95. The van der Waals surface area contributed by atoms with Crippen LogP contribution < -0.4 is 10.2 Å². The van der Waals surface area contributed by atoms with Gasteiger partial charge in [0.1, 0.15) is 21.5 Å². The fourth-order valence-corrected chi connectivity index (χ4v) is 3.93. The molecular weight excluding hydrogens is 386 g/mol. The number of methoxy groups -OCH3 is 1. The highest BCUT2D eigenvalue weighted by atomic mass is 35.5. The second kappa shape index (κ2) is 7.39. The first-order valence-electron chi connectivity index (χ1n) is 7.04. The van der Waals surface area contributed by atoms with Crippen LogP contribution in [0.5, 0.6) is 5.75 Å². The van der Waals surface area contributed by atoms with E-state index in [0.29, 0.717) is 36.3 Å². The molecule has 1 N–H and O–H groups in total. The minimum absolute atomic E-state index is 0.295. The van der Waals surface area contributed by atoms with Crippen LogP contribution in [0.4, 0.5) is 4.39 Å². The number of nitrogens with zero attached hydrogens (tertiary/aromatic N) is 1. The predicted octanol–water partition coefficient (Wildman–Crippen LogP) is 5.12. The molecule has 1 amide bonds. The number of nitrogens with one attached hydrogen (secondary N) is 1. The fourth-order valence-electron chi connectivity index (χ4n) is 2.15. The average molecular weight is 397 g/mol. The fraction of sp³-hybridized carbons (Fsp3) is 0.0588. The molecule has 3 rings (SSSR count). The quantitative estimate of drug-likeness (QED) is 0.491. The van der Waals surface area contributed by atoms with E-state index in [0.717, 1.165) is 11.3 Å². The van der Waals surface area contributed by atoms with Crippen molar-refractivity contribution in [1.29, 1.82) is 0 Å². The zero-order valence-electron chi connectivity index (χ0n) is 12.8. The standard InChI is InChI=1S/C17H11Cl2FN2O2S/c1-24-12-7-6-11-13(18)16(25-15(11)14(12)19)17(23)22-21-8-9-2-4-10(20)5-3-9/h2-8H,1H3,(H,22,23)/b21-8+. The summed E-state index contributed by atoms with van der Waals surface area (Å²) >= 11 is 13.7. The van der Waals surface area contributed by atoms with Gasteiger partial charge in [0.15, 0.2) is 0 Å². The van der Waals surface area contributed by atoms with Gasteiger partial charge in [0.25, 0.3) is 5.91 Å². The molecule has 1 aromatic heterocycles. The molecule has 0 atom stereocenters. The molecule has 0 unspecified atom stereocenters. The number of hydrazone groups is 1. The third-order valence-electron chi connectivity index (χ3n) is 3.38. The maximum absolute atomic E-state index is 12.8. The molecule has 0 spiro atoms. The van der Waals surface area contributed by atoms with Crippen molar-refractivity contribution in [3.8, 4) is 5.75 Å². The number of benzene rings is 2. The van der Waals surface area contributed by atoms with E-state index < -0.39 is 5.91 Å². The van der Waals surface area contributed by atoms with Crippen molar-refractivity contribution in [3.05, 3.63) is 62.7 Å². The third-order valence-corrected chi connectivity index (χ3v) is 5.59. The Morgan fingerprint density at radius 1 is 1.20 bits per heavy atom. The van der Waals surface area contributed by atoms with E-state index in [4.69, 9.17) is 27.9 Å². The number of carbonyl (C=O) groups is 1. The van der Waals surface area contributed by atoms with Crippen LogP contribution in [0.2, 0.25) is 10.0 Å². The Bertz CT molecular complexity index is 971. The summed E-state index contributed by atoms with van der Waals surface area (Å²) in [6, 6.07) is 9.14. The van der Waals surface area contributed by atoms with E-state index in [1.165, 1.54) is 25.5 Å². The molecule has 0 saturated heterocycles. The molecule has 0 aliphatic rings. The van der Waals surface area contributed by atoms with Gasteiger partial charge in [-0.05, 0) is 29.8 Å². The van der Waals surface area contributed by atoms with E-state index >= 15 is 0 Å². The lowest BCUT2D eigenvalue weighted by Crippen LogP contribution is -2.16. The Labute approximate surface area is 156 Å². The van der Waals surface area contributed by atoms with Gasteiger partial charge >= 0.3 is 0 Å². The van der Waals surface area contributed by atoms with E-state index in [9.17, 15) is 9.18 Å². The van der Waals surface area contributed by atoms with Gasteiger partial charge in [0.2, 0.25) is 0 Å². The largest absolute Gasteiger partial charge is 0.495 e. The summed E-state index contributed by atoms with van der Waals surface area (Å²) in [5, 5.41) is 5.24. The monoisotopic (exact) mass is 396 g/mol. The number of fused-ring (bicyclic) bond motifs is 1. The number of hydrogen-bond donors (Lipinski definition) is 1. The van der Waals surface area contributed by atoms with E-state index in [2.05, 4.69) is 10.5 Å². The van der Waals surface area contributed by atoms with Crippen molar-refractivity contribution in [3.63, 3.8) is 0 Å². The summed E-state index contributed by atoms with van der Waals surface area (Å²) in [4.78, 5) is 12.6. The van der Waals surface area contributed by atoms with Gasteiger partial charge in [0, 0.05) is 5.39 Å². The number of amides is 1. The lowest BCUT2D eigenvalue weighted by Gasteiger charge is -2.02. The highest BCUT2D eigenvalue weighted by molar-refractivity contribution is 7.22. The van der Waals surface area contributed by atoms with Gasteiger partial charge in [-0.1, -0.05) is 35.3 Å². The minimum atomic E-state index is -0.459. The smallest absolute Gasteiger partial charge is 0.283 e. The van der Waals surface area contributed by atoms with Crippen molar-refractivity contribution < 1.29 is 13.9 Å². The maximum atomic E-state index is 12.8. The van der Waals surface area contributed by atoms with Crippen LogP contribution in [0.15, 0.2) is 41.5 Å². The lowest BCUT2D eigenvalue weighted by atomic mass is 10.2. The van der Waals surface area contributed by atoms with Gasteiger partial charge in [-0.3, -0.25) is 4.79 Å².